The first-order valence-electron chi connectivity index (χ1n) is 7.71. The van der Waals surface area contributed by atoms with E-state index >= 15 is 0 Å². The highest BCUT2D eigenvalue weighted by Crippen LogP contribution is 2.21. The lowest BCUT2D eigenvalue weighted by Gasteiger charge is -2.21. The van der Waals surface area contributed by atoms with E-state index in [-0.39, 0.29) is 0 Å². The quantitative estimate of drug-likeness (QED) is 0.675. The van der Waals surface area contributed by atoms with Crippen LogP contribution < -0.4 is 5.32 Å². The zero-order valence-electron chi connectivity index (χ0n) is 12.4. The molecule has 0 heterocycles. The van der Waals surface area contributed by atoms with Crippen LogP contribution >= 0.6 is 0 Å². The zero-order valence-corrected chi connectivity index (χ0v) is 12.4. The fraction of sp³-hybridized carbons (Fsp3) is 1.00. The Morgan fingerprint density at radius 1 is 1.06 bits per heavy atom. The number of nitrogens with zero attached hydrogens (tertiary/aromatic N) is 1. The van der Waals surface area contributed by atoms with Crippen molar-refractivity contribution in [1.29, 1.82) is 0 Å². The fourth-order valence-corrected chi connectivity index (χ4v) is 2.68. The van der Waals surface area contributed by atoms with Crippen LogP contribution in [0.3, 0.4) is 0 Å². The van der Waals surface area contributed by atoms with Crippen molar-refractivity contribution in [2.75, 3.05) is 46.9 Å². The van der Waals surface area contributed by atoms with Crippen molar-refractivity contribution >= 4 is 0 Å². The van der Waals surface area contributed by atoms with E-state index in [0.717, 1.165) is 32.2 Å². The number of rotatable bonds is 8. The van der Waals surface area contributed by atoms with Crippen molar-refractivity contribution in [3.8, 4) is 0 Å². The van der Waals surface area contributed by atoms with Crippen LogP contribution in [0.1, 0.15) is 44.9 Å². The molecule has 1 N–H and O–H groups in total. The highest BCUT2D eigenvalue weighted by Gasteiger charge is 2.10. The Balaban J connectivity index is 1.98. The standard InChI is InChI=1S/C15H32N2O/c1-17(12-13-18-2)11-10-16-14-15-8-6-4-3-5-7-9-15/h15-16H,3-14H2,1-2H3. The highest BCUT2D eigenvalue weighted by molar-refractivity contribution is 4.66. The Labute approximate surface area is 113 Å². The van der Waals surface area contributed by atoms with E-state index in [1.165, 1.54) is 51.5 Å². The molecule has 1 aliphatic rings. The Kier molecular flexibility index (Phi) is 9.54. The smallest absolute Gasteiger partial charge is 0.0589 e. The number of hydrogen-bond acceptors (Lipinski definition) is 3. The molecule has 18 heavy (non-hydrogen) atoms. The van der Waals surface area contributed by atoms with Gasteiger partial charge in [-0.05, 0) is 32.4 Å². The largest absolute Gasteiger partial charge is 0.383 e. The summed E-state index contributed by atoms with van der Waals surface area (Å²) in [5, 5.41) is 3.63. The Morgan fingerprint density at radius 2 is 1.72 bits per heavy atom. The molecular weight excluding hydrogens is 224 g/mol. The Morgan fingerprint density at radius 3 is 2.39 bits per heavy atom. The molecule has 0 unspecified atom stereocenters. The van der Waals surface area contributed by atoms with Crippen LogP contribution in [0.2, 0.25) is 0 Å². The summed E-state index contributed by atoms with van der Waals surface area (Å²) < 4.78 is 5.08. The van der Waals surface area contributed by atoms with Crippen LogP contribution in [-0.4, -0.2) is 51.8 Å². The van der Waals surface area contributed by atoms with Gasteiger partial charge >= 0.3 is 0 Å². The average Bonchev–Trinajstić information content (AvgIpc) is 2.34. The highest BCUT2D eigenvalue weighted by atomic mass is 16.5. The molecule has 0 radical (unpaired) electrons. The summed E-state index contributed by atoms with van der Waals surface area (Å²) in [4.78, 5) is 2.33. The van der Waals surface area contributed by atoms with E-state index in [1.54, 1.807) is 7.11 Å². The average molecular weight is 256 g/mol. The molecule has 1 rings (SSSR count). The second-order valence-electron chi connectivity index (χ2n) is 5.71. The van der Waals surface area contributed by atoms with Gasteiger partial charge in [-0.2, -0.15) is 0 Å². The van der Waals surface area contributed by atoms with Gasteiger partial charge in [0.25, 0.3) is 0 Å². The first-order valence-corrected chi connectivity index (χ1v) is 7.71. The second kappa shape index (κ2) is 10.8. The molecule has 0 atom stereocenters. The summed E-state index contributed by atoms with van der Waals surface area (Å²) in [6, 6.07) is 0. The van der Waals surface area contributed by atoms with Crippen molar-refractivity contribution in [1.82, 2.24) is 10.2 Å². The van der Waals surface area contributed by atoms with Gasteiger partial charge in [-0.25, -0.2) is 0 Å². The van der Waals surface area contributed by atoms with Crippen LogP contribution in [0.4, 0.5) is 0 Å². The van der Waals surface area contributed by atoms with Gasteiger partial charge < -0.3 is 15.0 Å². The van der Waals surface area contributed by atoms with Crippen molar-refractivity contribution in [2.45, 2.75) is 44.9 Å². The molecule has 1 fully saturated rings. The minimum atomic E-state index is 0.832. The summed E-state index contributed by atoms with van der Waals surface area (Å²) in [5.41, 5.74) is 0. The SMILES string of the molecule is COCCN(C)CCNCC1CCCCCCC1. The summed E-state index contributed by atoms with van der Waals surface area (Å²) in [6.07, 6.45) is 10.1. The van der Waals surface area contributed by atoms with Gasteiger partial charge in [0.2, 0.25) is 0 Å². The van der Waals surface area contributed by atoms with E-state index in [2.05, 4.69) is 17.3 Å². The van der Waals surface area contributed by atoms with Gasteiger partial charge in [0, 0.05) is 26.7 Å². The third-order valence-electron chi connectivity index (χ3n) is 4.01. The third kappa shape index (κ3) is 8.06. The van der Waals surface area contributed by atoms with Gasteiger partial charge in [0.15, 0.2) is 0 Å². The molecule has 0 aromatic heterocycles. The molecule has 1 saturated carbocycles. The van der Waals surface area contributed by atoms with Gasteiger partial charge in [-0.3, -0.25) is 0 Å². The van der Waals surface area contributed by atoms with Crippen LogP contribution in [0.5, 0.6) is 0 Å². The minimum absolute atomic E-state index is 0.832. The van der Waals surface area contributed by atoms with Gasteiger partial charge in [-0.15, -0.1) is 0 Å². The molecule has 0 aromatic carbocycles. The number of ether oxygens (including phenoxy) is 1. The maximum absolute atomic E-state index is 5.08. The molecule has 0 saturated heterocycles. The summed E-state index contributed by atoms with van der Waals surface area (Å²) >= 11 is 0. The monoisotopic (exact) mass is 256 g/mol. The maximum Gasteiger partial charge on any atom is 0.0589 e. The molecule has 0 aliphatic heterocycles. The molecule has 3 heteroatoms. The van der Waals surface area contributed by atoms with E-state index < -0.39 is 0 Å². The van der Waals surface area contributed by atoms with E-state index in [1.807, 2.05) is 0 Å². The Bertz CT molecular complexity index is 179. The van der Waals surface area contributed by atoms with Crippen LogP contribution in [-0.2, 0) is 4.74 Å². The fourth-order valence-electron chi connectivity index (χ4n) is 2.68. The van der Waals surface area contributed by atoms with E-state index in [4.69, 9.17) is 4.74 Å². The summed E-state index contributed by atoms with van der Waals surface area (Å²) in [7, 11) is 3.93. The first kappa shape index (κ1) is 15.9. The number of likely N-dealkylation sites (N-methyl/N-ethyl adjacent to an activating group) is 1. The topological polar surface area (TPSA) is 24.5 Å². The van der Waals surface area contributed by atoms with E-state index in [0.29, 0.717) is 0 Å². The lowest BCUT2D eigenvalue weighted by Crippen LogP contribution is -2.33. The van der Waals surface area contributed by atoms with Gasteiger partial charge in [0.05, 0.1) is 6.61 Å². The van der Waals surface area contributed by atoms with Crippen LogP contribution in [0.15, 0.2) is 0 Å². The van der Waals surface area contributed by atoms with Crippen molar-refractivity contribution < 1.29 is 4.74 Å². The molecule has 0 spiro atoms. The molecule has 0 aromatic rings. The number of methoxy groups -OCH3 is 1. The molecule has 0 bridgehead atoms. The third-order valence-corrected chi connectivity index (χ3v) is 4.01. The Hall–Kier alpha value is -0.120. The predicted octanol–water partition coefficient (Wildman–Crippen LogP) is 2.51. The van der Waals surface area contributed by atoms with Gasteiger partial charge in [-0.1, -0.05) is 32.1 Å². The van der Waals surface area contributed by atoms with E-state index in [9.17, 15) is 0 Å². The zero-order chi connectivity index (χ0) is 13.1. The number of nitrogens with one attached hydrogen (secondary N) is 1. The predicted molar refractivity (Wildman–Crippen MR) is 78.1 cm³/mol. The maximum atomic E-state index is 5.08. The molecule has 0 amide bonds. The lowest BCUT2D eigenvalue weighted by atomic mass is 9.91. The minimum Gasteiger partial charge on any atom is -0.383 e. The molecule has 1 aliphatic carbocycles. The summed E-state index contributed by atoms with van der Waals surface area (Å²) in [5.74, 6) is 0.926. The normalized spacial score (nSPS) is 18.8. The van der Waals surface area contributed by atoms with Crippen LogP contribution in [0, 0.1) is 5.92 Å². The molecule has 3 nitrogen and oxygen atoms in total. The van der Waals surface area contributed by atoms with Gasteiger partial charge in [0.1, 0.15) is 0 Å². The summed E-state index contributed by atoms with van der Waals surface area (Å²) in [6.45, 7) is 5.31. The van der Waals surface area contributed by atoms with Crippen molar-refractivity contribution in [3.63, 3.8) is 0 Å². The molecule has 108 valence electrons. The number of hydrogen-bond donors (Lipinski definition) is 1. The molecular formula is C15H32N2O. The second-order valence-corrected chi connectivity index (χ2v) is 5.71. The first-order chi connectivity index (χ1) is 8.83. The van der Waals surface area contributed by atoms with Crippen molar-refractivity contribution in [2.24, 2.45) is 5.92 Å². The van der Waals surface area contributed by atoms with Crippen LogP contribution in [0.25, 0.3) is 0 Å². The lowest BCUT2D eigenvalue weighted by molar-refractivity contribution is 0.161. The van der Waals surface area contributed by atoms with Crippen molar-refractivity contribution in [3.05, 3.63) is 0 Å².